The Morgan fingerprint density at radius 3 is 2.81 bits per heavy atom. The number of nitrogens with one attached hydrogen (secondary N) is 1. The number of benzene rings is 1. The Kier molecular flexibility index (Phi) is 4.74. The highest BCUT2D eigenvalue weighted by atomic mass is 16.5. The Labute approximate surface area is 156 Å². The molecule has 7 nitrogen and oxygen atoms in total. The number of hydrogen-bond acceptors (Lipinski definition) is 6. The van der Waals surface area contributed by atoms with Gasteiger partial charge in [0.05, 0.1) is 19.3 Å². The first-order valence-electron chi connectivity index (χ1n) is 8.78. The number of pyridine rings is 1. The molecule has 3 heterocycles. The second kappa shape index (κ2) is 7.49. The molecule has 1 aliphatic rings. The van der Waals surface area contributed by atoms with Gasteiger partial charge in [-0.25, -0.2) is 0 Å². The van der Waals surface area contributed by atoms with E-state index in [0.717, 1.165) is 23.3 Å². The fraction of sp³-hybridized carbons (Fsp3) is 0.250. The highest BCUT2D eigenvalue weighted by Gasteiger charge is 2.18. The van der Waals surface area contributed by atoms with Crippen LogP contribution in [0.1, 0.15) is 35.4 Å². The van der Waals surface area contributed by atoms with Gasteiger partial charge in [0, 0.05) is 30.4 Å². The molecule has 27 heavy (non-hydrogen) atoms. The maximum absolute atomic E-state index is 12.5. The monoisotopic (exact) mass is 365 g/mol. The summed E-state index contributed by atoms with van der Waals surface area (Å²) in [4.78, 5) is 16.5. The van der Waals surface area contributed by atoms with Gasteiger partial charge in [0.2, 0.25) is 0 Å². The van der Waals surface area contributed by atoms with Crippen molar-refractivity contribution in [2.75, 3.05) is 13.2 Å². The number of fused-ring (bicyclic) bond motifs is 1. The lowest BCUT2D eigenvalue weighted by Crippen LogP contribution is -2.26. The maximum Gasteiger partial charge on any atom is 0.273 e. The molecule has 0 saturated heterocycles. The number of hydrogen-bond donors (Lipinski definition) is 1. The smallest absolute Gasteiger partial charge is 0.273 e. The Morgan fingerprint density at radius 2 is 2.00 bits per heavy atom. The number of carbonyl (C=O) groups is 1. The second-order valence-electron chi connectivity index (χ2n) is 6.27. The molecule has 3 aromatic rings. The van der Waals surface area contributed by atoms with Crippen LogP contribution in [0.3, 0.4) is 0 Å². The molecule has 0 saturated carbocycles. The van der Waals surface area contributed by atoms with E-state index in [4.69, 9.17) is 14.0 Å². The number of carbonyl (C=O) groups excluding carboxylic acids is 1. The molecule has 2 aromatic heterocycles. The first kappa shape index (κ1) is 17.1. The summed E-state index contributed by atoms with van der Waals surface area (Å²) < 4.78 is 16.6. The number of nitrogens with zero attached hydrogens (tertiary/aromatic N) is 2. The highest BCUT2D eigenvalue weighted by molar-refractivity contribution is 5.93. The molecule has 138 valence electrons. The van der Waals surface area contributed by atoms with Crippen LogP contribution >= 0.6 is 0 Å². The minimum absolute atomic E-state index is 0.218. The zero-order valence-electron chi connectivity index (χ0n) is 14.8. The lowest BCUT2D eigenvalue weighted by molar-refractivity contribution is 0.0930. The van der Waals surface area contributed by atoms with Crippen molar-refractivity contribution < 1.29 is 18.8 Å². The van der Waals surface area contributed by atoms with Crippen molar-refractivity contribution in [1.29, 1.82) is 0 Å². The van der Waals surface area contributed by atoms with Gasteiger partial charge in [0.25, 0.3) is 5.91 Å². The largest absolute Gasteiger partial charge is 0.490 e. The van der Waals surface area contributed by atoms with E-state index >= 15 is 0 Å². The van der Waals surface area contributed by atoms with Crippen molar-refractivity contribution in [3.8, 4) is 22.8 Å². The van der Waals surface area contributed by atoms with Crippen molar-refractivity contribution >= 4 is 5.91 Å². The van der Waals surface area contributed by atoms with E-state index in [0.29, 0.717) is 24.7 Å². The van der Waals surface area contributed by atoms with Crippen molar-refractivity contribution in [2.24, 2.45) is 0 Å². The lowest BCUT2D eigenvalue weighted by Gasteiger charge is -2.15. The summed E-state index contributed by atoms with van der Waals surface area (Å²) in [5.74, 6) is 1.61. The predicted molar refractivity (Wildman–Crippen MR) is 97.7 cm³/mol. The Bertz CT molecular complexity index is 939. The Morgan fingerprint density at radius 1 is 1.15 bits per heavy atom. The van der Waals surface area contributed by atoms with Gasteiger partial charge < -0.3 is 19.3 Å². The van der Waals surface area contributed by atoms with Crippen LogP contribution in [0.2, 0.25) is 0 Å². The third kappa shape index (κ3) is 3.76. The van der Waals surface area contributed by atoms with Crippen LogP contribution in [0.15, 0.2) is 53.3 Å². The summed E-state index contributed by atoms with van der Waals surface area (Å²) in [6.07, 6.45) is 4.18. The molecule has 0 radical (unpaired) electrons. The molecule has 0 fully saturated rings. The first-order chi connectivity index (χ1) is 13.2. The van der Waals surface area contributed by atoms with Crippen LogP contribution in [-0.2, 0) is 0 Å². The average molecular weight is 365 g/mol. The van der Waals surface area contributed by atoms with Crippen LogP contribution in [-0.4, -0.2) is 29.3 Å². The van der Waals surface area contributed by atoms with Crippen molar-refractivity contribution in [3.05, 3.63) is 60.0 Å². The van der Waals surface area contributed by atoms with E-state index in [1.807, 2.05) is 31.2 Å². The van der Waals surface area contributed by atoms with Crippen LogP contribution in [0.4, 0.5) is 0 Å². The number of aromatic nitrogens is 2. The third-order valence-electron chi connectivity index (χ3n) is 4.31. The number of amides is 1. The molecule has 1 amide bonds. The van der Waals surface area contributed by atoms with Gasteiger partial charge >= 0.3 is 0 Å². The van der Waals surface area contributed by atoms with Crippen molar-refractivity contribution in [2.45, 2.75) is 19.4 Å². The summed E-state index contributed by atoms with van der Waals surface area (Å²) in [6.45, 7) is 3.16. The molecule has 4 rings (SSSR count). The zero-order valence-corrected chi connectivity index (χ0v) is 14.8. The normalized spacial score (nSPS) is 14.3. The summed E-state index contributed by atoms with van der Waals surface area (Å²) in [5.41, 5.74) is 1.90. The molecule has 1 aromatic carbocycles. The van der Waals surface area contributed by atoms with Gasteiger partial charge in [-0.2, -0.15) is 0 Å². The summed E-state index contributed by atoms with van der Waals surface area (Å²) in [5, 5.41) is 6.79. The van der Waals surface area contributed by atoms with E-state index < -0.39 is 0 Å². The molecular formula is C20H19N3O4. The predicted octanol–water partition coefficient (Wildman–Crippen LogP) is 3.39. The quantitative estimate of drug-likeness (QED) is 0.763. The van der Waals surface area contributed by atoms with E-state index in [1.54, 1.807) is 24.5 Å². The van der Waals surface area contributed by atoms with Gasteiger partial charge in [0.15, 0.2) is 23.0 Å². The summed E-state index contributed by atoms with van der Waals surface area (Å²) >= 11 is 0. The van der Waals surface area contributed by atoms with Crippen molar-refractivity contribution in [3.63, 3.8) is 0 Å². The summed E-state index contributed by atoms with van der Waals surface area (Å²) in [6, 6.07) is 10.7. The topological polar surface area (TPSA) is 86.5 Å². The van der Waals surface area contributed by atoms with Gasteiger partial charge in [-0.1, -0.05) is 11.2 Å². The number of ether oxygens (including phenoxy) is 2. The zero-order chi connectivity index (χ0) is 18.6. The van der Waals surface area contributed by atoms with E-state index in [-0.39, 0.29) is 17.6 Å². The Hall–Kier alpha value is -3.35. The van der Waals surface area contributed by atoms with Crippen molar-refractivity contribution in [1.82, 2.24) is 15.5 Å². The van der Waals surface area contributed by atoms with Crippen LogP contribution in [0.5, 0.6) is 11.5 Å². The molecule has 1 aliphatic heterocycles. The highest BCUT2D eigenvalue weighted by Crippen LogP contribution is 2.32. The van der Waals surface area contributed by atoms with Gasteiger partial charge in [-0.15, -0.1) is 0 Å². The molecule has 0 spiro atoms. The van der Waals surface area contributed by atoms with E-state index in [9.17, 15) is 4.79 Å². The first-order valence-corrected chi connectivity index (χ1v) is 8.78. The van der Waals surface area contributed by atoms with E-state index in [1.165, 1.54) is 0 Å². The molecule has 7 heteroatoms. The molecule has 1 atom stereocenters. The van der Waals surface area contributed by atoms with Crippen LogP contribution in [0, 0.1) is 0 Å². The molecule has 0 bridgehead atoms. The fourth-order valence-corrected chi connectivity index (χ4v) is 2.83. The average Bonchev–Trinajstić information content (AvgIpc) is 3.08. The second-order valence-corrected chi connectivity index (χ2v) is 6.27. The van der Waals surface area contributed by atoms with Crippen LogP contribution in [0.25, 0.3) is 11.3 Å². The van der Waals surface area contributed by atoms with Gasteiger partial charge in [0.1, 0.15) is 0 Å². The fourth-order valence-electron chi connectivity index (χ4n) is 2.83. The number of rotatable bonds is 4. The molecule has 0 aliphatic carbocycles. The summed E-state index contributed by atoms with van der Waals surface area (Å²) in [7, 11) is 0. The van der Waals surface area contributed by atoms with Gasteiger partial charge in [-0.3, -0.25) is 9.78 Å². The van der Waals surface area contributed by atoms with Gasteiger partial charge in [-0.05, 0) is 36.8 Å². The molecule has 1 unspecified atom stereocenters. The molecular weight excluding hydrogens is 346 g/mol. The third-order valence-corrected chi connectivity index (χ3v) is 4.31. The Balaban J connectivity index is 1.47. The minimum Gasteiger partial charge on any atom is -0.490 e. The molecule has 1 N–H and O–H groups in total. The SMILES string of the molecule is CC(NC(=O)c1cc(-c2cccnc2)on1)c1ccc2c(c1)OCCCO2. The van der Waals surface area contributed by atoms with Crippen LogP contribution < -0.4 is 14.8 Å². The standard InChI is InChI=1S/C20H19N3O4/c1-13(14-5-6-17-19(10-14)26-9-3-8-25-17)22-20(24)16-11-18(27-23-16)15-4-2-7-21-12-15/h2,4-7,10-13H,3,8-9H2,1H3,(H,22,24). The lowest BCUT2D eigenvalue weighted by atomic mass is 10.1. The van der Waals surface area contributed by atoms with E-state index in [2.05, 4.69) is 15.5 Å². The minimum atomic E-state index is -0.312. The maximum atomic E-state index is 12.5.